The molecule has 1 aliphatic carbocycles. The average molecular weight is 420 g/mol. The molecule has 30 heavy (non-hydrogen) atoms. The number of aromatic nitrogens is 2. The van der Waals surface area contributed by atoms with Crippen LogP contribution in [-0.2, 0) is 16.1 Å². The number of esters is 1. The number of carbonyl (C=O) groups excluding carboxylic acids is 2. The maximum Gasteiger partial charge on any atom is 0.332 e. The van der Waals surface area contributed by atoms with Crippen LogP contribution in [0.1, 0.15) is 39.0 Å². The molecule has 1 aromatic rings. The van der Waals surface area contributed by atoms with E-state index in [1.54, 1.807) is 17.8 Å². The van der Waals surface area contributed by atoms with Crippen LogP contribution in [0.2, 0.25) is 0 Å². The first-order chi connectivity index (χ1) is 14.4. The number of hydrogen-bond acceptors (Lipinski definition) is 6. The summed E-state index contributed by atoms with van der Waals surface area (Å²) in [5, 5.41) is 19.5. The van der Waals surface area contributed by atoms with Gasteiger partial charge in [-0.05, 0) is 50.0 Å². The van der Waals surface area contributed by atoms with Gasteiger partial charge in [-0.2, -0.15) is 5.10 Å². The van der Waals surface area contributed by atoms with Crippen LogP contribution in [0.5, 0.6) is 0 Å². The first-order valence-electron chi connectivity index (χ1n) is 10.5. The number of methoxy groups -OCH3 is 1. The van der Waals surface area contributed by atoms with Crippen molar-refractivity contribution in [3.8, 4) is 0 Å². The molecule has 0 bridgehead atoms. The molecule has 9 heteroatoms. The summed E-state index contributed by atoms with van der Waals surface area (Å²) in [5.74, 6) is -0.501. The van der Waals surface area contributed by atoms with Crippen molar-refractivity contribution < 1.29 is 19.4 Å². The number of likely N-dealkylation sites (tertiary alicyclic amines) is 1. The number of rotatable bonds is 7. The predicted octanol–water partition coefficient (Wildman–Crippen LogP) is 1.75. The van der Waals surface area contributed by atoms with Crippen LogP contribution < -0.4 is 10.6 Å². The highest BCUT2D eigenvalue weighted by molar-refractivity contribution is 5.86. The molecule has 2 heterocycles. The van der Waals surface area contributed by atoms with Gasteiger partial charge in [0.25, 0.3) is 0 Å². The van der Waals surface area contributed by atoms with Gasteiger partial charge in [0.1, 0.15) is 6.04 Å². The van der Waals surface area contributed by atoms with Gasteiger partial charge in [0.05, 0.1) is 32.1 Å². The Morgan fingerprint density at radius 3 is 2.77 bits per heavy atom. The van der Waals surface area contributed by atoms with Crippen LogP contribution in [0.4, 0.5) is 10.5 Å². The number of nitrogens with one attached hydrogen (secondary N) is 2. The fourth-order valence-corrected chi connectivity index (χ4v) is 4.51. The summed E-state index contributed by atoms with van der Waals surface area (Å²) < 4.78 is 6.49. The molecule has 2 fully saturated rings. The molecule has 1 atom stereocenters. The number of ether oxygens (including phenoxy) is 1. The van der Waals surface area contributed by atoms with Crippen LogP contribution in [0.25, 0.3) is 0 Å². The summed E-state index contributed by atoms with van der Waals surface area (Å²) in [6.45, 7) is 7.46. The second kappa shape index (κ2) is 9.51. The Labute approximate surface area is 177 Å². The molecule has 1 aliphatic heterocycles. The zero-order valence-corrected chi connectivity index (χ0v) is 17.9. The third-order valence-corrected chi connectivity index (χ3v) is 6.30. The lowest BCUT2D eigenvalue weighted by Gasteiger charge is -2.37. The van der Waals surface area contributed by atoms with E-state index in [0.717, 1.165) is 37.8 Å². The van der Waals surface area contributed by atoms with Crippen molar-refractivity contribution in [1.29, 1.82) is 0 Å². The van der Waals surface area contributed by atoms with Crippen molar-refractivity contribution in [3.63, 3.8) is 0 Å². The third kappa shape index (κ3) is 5.13. The van der Waals surface area contributed by atoms with Gasteiger partial charge in [-0.1, -0.05) is 6.58 Å². The van der Waals surface area contributed by atoms with Crippen LogP contribution in [0, 0.1) is 5.41 Å². The highest BCUT2D eigenvalue weighted by Crippen LogP contribution is 2.44. The minimum Gasteiger partial charge on any atom is -0.467 e. The number of hydrogen-bond donors (Lipinski definition) is 3. The molecule has 2 amide bonds. The number of nitrogens with zero attached hydrogens (tertiary/aromatic N) is 3. The van der Waals surface area contributed by atoms with E-state index >= 15 is 0 Å². The van der Waals surface area contributed by atoms with Gasteiger partial charge in [0.15, 0.2) is 0 Å². The molecule has 1 spiro atoms. The van der Waals surface area contributed by atoms with Gasteiger partial charge in [-0.3, -0.25) is 4.68 Å². The highest BCUT2D eigenvalue weighted by atomic mass is 16.5. The van der Waals surface area contributed by atoms with E-state index in [-0.39, 0.29) is 18.1 Å². The topological polar surface area (TPSA) is 109 Å². The van der Waals surface area contributed by atoms with Gasteiger partial charge in [-0.25, -0.2) is 9.59 Å². The van der Waals surface area contributed by atoms with Crippen LogP contribution in [0.3, 0.4) is 0 Å². The van der Waals surface area contributed by atoms with Crippen molar-refractivity contribution in [1.82, 2.24) is 20.0 Å². The first-order valence-corrected chi connectivity index (χ1v) is 10.5. The smallest absolute Gasteiger partial charge is 0.332 e. The third-order valence-electron chi connectivity index (χ3n) is 6.30. The molecular weight excluding hydrogens is 386 g/mol. The van der Waals surface area contributed by atoms with Crippen molar-refractivity contribution in [2.45, 2.75) is 57.7 Å². The van der Waals surface area contributed by atoms with Crippen LogP contribution in [0.15, 0.2) is 24.5 Å². The first kappa shape index (κ1) is 22.1. The lowest BCUT2D eigenvalue weighted by Crippen LogP contribution is -2.48. The molecule has 3 N–H and O–H groups in total. The fourth-order valence-electron chi connectivity index (χ4n) is 4.51. The molecule has 0 aromatic carbocycles. The van der Waals surface area contributed by atoms with E-state index < -0.39 is 12.0 Å². The average Bonchev–Trinajstić information content (AvgIpc) is 3.35. The monoisotopic (exact) mass is 419 g/mol. The Balaban J connectivity index is 1.49. The van der Waals surface area contributed by atoms with Crippen LogP contribution in [-0.4, -0.2) is 70.7 Å². The lowest BCUT2D eigenvalue weighted by molar-refractivity contribution is -0.141. The van der Waals surface area contributed by atoms with Crippen LogP contribution >= 0.6 is 0 Å². The second-order valence-corrected chi connectivity index (χ2v) is 8.56. The molecular formula is C21H33N5O4. The van der Waals surface area contributed by atoms with Gasteiger partial charge in [0, 0.05) is 25.3 Å². The van der Waals surface area contributed by atoms with E-state index in [2.05, 4.69) is 22.3 Å². The van der Waals surface area contributed by atoms with Crippen molar-refractivity contribution in [2.24, 2.45) is 5.41 Å². The van der Waals surface area contributed by atoms with Gasteiger partial charge in [-0.15, -0.1) is 0 Å². The molecule has 0 unspecified atom stereocenters. The normalized spacial score (nSPS) is 24.5. The quantitative estimate of drug-likeness (QED) is 0.459. The maximum absolute atomic E-state index is 12.7. The summed E-state index contributed by atoms with van der Waals surface area (Å²) in [4.78, 5) is 26.4. The van der Waals surface area contributed by atoms with Gasteiger partial charge < -0.3 is 25.4 Å². The number of amides is 2. The zero-order chi connectivity index (χ0) is 21.7. The molecule has 166 valence electrons. The molecule has 0 radical (unpaired) electrons. The zero-order valence-electron chi connectivity index (χ0n) is 17.9. The Morgan fingerprint density at radius 2 is 2.13 bits per heavy atom. The van der Waals surface area contributed by atoms with Gasteiger partial charge in [0.2, 0.25) is 0 Å². The number of carbonyl (C=O) groups is 2. The minimum atomic E-state index is -0.814. The number of urea groups is 1. The van der Waals surface area contributed by atoms with Crippen molar-refractivity contribution >= 4 is 17.7 Å². The van der Waals surface area contributed by atoms with E-state index in [1.165, 1.54) is 7.11 Å². The maximum atomic E-state index is 12.7. The van der Waals surface area contributed by atoms with E-state index in [1.807, 2.05) is 11.1 Å². The largest absolute Gasteiger partial charge is 0.467 e. The summed E-state index contributed by atoms with van der Waals surface area (Å²) in [6.07, 6.45) is 8.88. The summed E-state index contributed by atoms with van der Waals surface area (Å²) in [6, 6.07) is -0.662. The standard InChI is InChI=1S/C21H33N5O4/c1-15(2)18(19(28)30-3)24-20(29)25-9-8-21(14-25)6-4-16(5-7-21)23-17-12-22-26(13-17)10-11-27/h12-13,16,18,23,27H,1,4-11,14H2,2-3H3,(H,24,29)/t16?,18-,21?/m1/s1. The lowest BCUT2D eigenvalue weighted by atomic mass is 9.72. The number of aliphatic hydroxyl groups is 1. The Hall–Kier alpha value is -2.55. The predicted molar refractivity (Wildman–Crippen MR) is 113 cm³/mol. The summed E-state index contributed by atoms with van der Waals surface area (Å²) >= 11 is 0. The molecule has 2 aliphatic rings. The van der Waals surface area contributed by atoms with E-state index in [0.29, 0.717) is 31.2 Å². The minimum absolute atomic E-state index is 0.0733. The molecule has 1 aromatic heterocycles. The summed E-state index contributed by atoms with van der Waals surface area (Å²) in [7, 11) is 1.30. The Morgan fingerprint density at radius 1 is 1.40 bits per heavy atom. The number of anilines is 1. The van der Waals surface area contributed by atoms with Gasteiger partial charge >= 0.3 is 12.0 Å². The highest BCUT2D eigenvalue weighted by Gasteiger charge is 2.43. The molecule has 3 rings (SSSR count). The van der Waals surface area contributed by atoms with E-state index in [4.69, 9.17) is 9.84 Å². The van der Waals surface area contributed by atoms with Crippen molar-refractivity contribution in [3.05, 3.63) is 24.5 Å². The molecule has 1 saturated carbocycles. The molecule has 9 nitrogen and oxygen atoms in total. The SMILES string of the molecule is C=C(C)[C@@H](NC(=O)N1CCC2(CCC(Nc3cnn(CCO)c3)CC2)C1)C(=O)OC. The summed E-state index contributed by atoms with van der Waals surface area (Å²) in [5.41, 5.74) is 1.68. The Kier molecular flexibility index (Phi) is 7.02. The second-order valence-electron chi connectivity index (χ2n) is 8.56. The van der Waals surface area contributed by atoms with Crippen molar-refractivity contribution in [2.75, 3.05) is 32.1 Å². The Bertz CT molecular complexity index is 769. The van der Waals surface area contributed by atoms with E-state index in [9.17, 15) is 9.59 Å². The fraction of sp³-hybridized carbons (Fsp3) is 0.667. The number of aliphatic hydroxyl groups excluding tert-OH is 1. The molecule has 1 saturated heterocycles.